The van der Waals surface area contributed by atoms with E-state index < -0.39 is 4.92 Å². The van der Waals surface area contributed by atoms with Gasteiger partial charge in [0.1, 0.15) is 5.75 Å². The van der Waals surface area contributed by atoms with Gasteiger partial charge in [-0.1, -0.05) is 0 Å². The fourth-order valence-electron chi connectivity index (χ4n) is 1.09. The Balaban J connectivity index is 2.81. The highest BCUT2D eigenvalue weighted by molar-refractivity contribution is 5.45. The van der Waals surface area contributed by atoms with Crippen molar-refractivity contribution in [2.24, 2.45) is 0 Å². The van der Waals surface area contributed by atoms with Crippen molar-refractivity contribution in [3.05, 3.63) is 33.9 Å². The molecule has 0 bridgehead atoms. The number of ether oxygens (including phenoxy) is 1. The first kappa shape index (κ1) is 11.4. The summed E-state index contributed by atoms with van der Waals surface area (Å²) in [6.07, 6.45) is 0. The van der Waals surface area contributed by atoms with Crippen LogP contribution in [-0.4, -0.2) is 28.4 Å². The van der Waals surface area contributed by atoms with Gasteiger partial charge in [0.2, 0.25) is 0 Å². The molecule has 0 aliphatic carbocycles. The molecule has 1 rings (SSSR count). The number of hydrogen-bond acceptors (Lipinski definition) is 5. The standard InChI is InChI=1S/C9H11NO5/c11-3-4-15-6-7-1-2-8(12)5-9(7)10(13)14/h1-2,5,11-12H,3-4,6H2. The maximum atomic E-state index is 10.6. The van der Waals surface area contributed by atoms with E-state index in [1.807, 2.05) is 0 Å². The van der Waals surface area contributed by atoms with Crippen molar-refractivity contribution < 1.29 is 19.9 Å². The molecule has 0 fully saturated rings. The molecule has 0 amide bonds. The number of phenols is 1. The van der Waals surface area contributed by atoms with Crippen molar-refractivity contribution in [2.45, 2.75) is 6.61 Å². The molecule has 6 heteroatoms. The molecule has 1 aromatic carbocycles. The molecule has 0 aliphatic heterocycles. The quantitative estimate of drug-likeness (QED) is 0.429. The summed E-state index contributed by atoms with van der Waals surface area (Å²) in [5.74, 6) is -0.160. The Hall–Kier alpha value is -1.66. The molecule has 82 valence electrons. The van der Waals surface area contributed by atoms with Crippen LogP contribution in [0.15, 0.2) is 18.2 Å². The summed E-state index contributed by atoms with van der Waals surface area (Å²) in [7, 11) is 0. The SMILES string of the molecule is O=[N+]([O-])c1cc(O)ccc1COCCO. The van der Waals surface area contributed by atoms with Crippen molar-refractivity contribution in [1.29, 1.82) is 0 Å². The maximum absolute atomic E-state index is 10.6. The average Bonchev–Trinajstić information content (AvgIpc) is 2.20. The minimum atomic E-state index is -0.586. The molecule has 0 unspecified atom stereocenters. The molecule has 1 aromatic rings. The van der Waals surface area contributed by atoms with Crippen molar-refractivity contribution in [3.63, 3.8) is 0 Å². The minimum Gasteiger partial charge on any atom is -0.508 e. The van der Waals surface area contributed by atoms with Gasteiger partial charge in [0.25, 0.3) is 5.69 Å². The van der Waals surface area contributed by atoms with Gasteiger partial charge in [-0.15, -0.1) is 0 Å². The number of phenolic OH excluding ortho intramolecular Hbond substituents is 1. The highest BCUT2D eigenvalue weighted by Gasteiger charge is 2.14. The van der Waals surface area contributed by atoms with E-state index in [1.54, 1.807) is 0 Å². The molecule has 6 nitrogen and oxygen atoms in total. The second-order valence-corrected chi connectivity index (χ2v) is 2.85. The Kier molecular flexibility index (Phi) is 4.02. The van der Waals surface area contributed by atoms with E-state index in [9.17, 15) is 10.1 Å². The number of aliphatic hydroxyl groups is 1. The molecule has 0 atom stereocenters. The molecule has 0 saturated carbocycles. The fourth-order valence-corrected chi connectivity index (χ4v) is 1.09. The average molecular weight is 213 g/mol. The lowest BCUT2D eigenvalue weighted by atomic mass is 10.2. The molecule has 0 aliphatic rings. The Morgan fingerprint density at radius 1 is 1.47 bits per heavy atom. The van der Waals surface area contributed by atoms with E-state index in [4.69, 9.17) is 14.9 Å². The van der Waals surface area contributed by atoms with Crippen LogP contribution in [0.2, 0.25) is 0 Å². The summed E-state index contributed by atoms with van der Waals surface area (Å²) in [4.78, 5) is 10.0. The monoisotopic (exact) mass is 213 g/mol. The molecule has 0 saturated heterocycles. The normalized spacial score (nSPS) is 10.2. The molecule has 0 radical (unpaired) electrons. The molecule has 2 N–H and O–H groups in total. The fraction of sp³-hybridized carbons (Fsp3) is 0.333. The van der Waals surface area contributed by atoms with Crippen LogP contribution in [0.1, 0.15) is 5.56 Å². The van der Waals surface area contributed by atoms with Crippen LogP contribution < -0.4 is 0 Å². The molecular weight excluding hydrogens is 202 g/mol. The lowest BCUT2D eigenvalue weighted by Gasteiger charge is -2.03. The predicted molar refractivity (Wildman–Crippen MR) is 51.5 cm³/mol. The first-order valence-corrected chi connectivity index (χ1v) is 4.30. The highest BCUT2D eigenvalue weighted by Crippen LogP contribution is 2.24. The second kappa shape index (κ2) is 5.28. The van der Waals surface area contributed by atoms with Gasteiger partial charge in [-0.05, 0) is 12.1 Å². The van der Waals surface area contributed by atoms with Gasteiger partial charge < -0.3 is 14.9 Å². The number of hydrogen-bond donors (Lipinski definition) is 2. The summed E-state index contributed by atoms with van der Waals surface area (Å²) in [5, 5.41) is 28.1. The van der Waals surface area contributed by atoms with Gasteiger partial charge in [-0.25, -0.2) is 0 Å². The van der Waals surface area contributed by atoms with Gasteiger partial charge in [-0.3, -0.25) is 10.1 Å². The number of rotatable bonds is 5. The van der Waals surface area contributed by atoms with Gasteiger partial charge in [0.05, 0.1) is 36.4 Å². The van der Waals surface area contributed by atoms with E-state index in [0.717, 1.165) is 6.07 Å². The van der Waals surface area contributed by atoms with E-state index in [-0.39, 0.29) is 31.3 Å². The van der Waals surface area contributed by atoms with Crippen molar-refractivity contribution >= 4 is 5.69 Å². The van der Waals surface area contributed by atoms with Crippen molar-refractivity contribution in [3.8, 4) is 5.75 Å². The third-order valence-electron chi connectivity index (χ3n) is 1.76. The number of nitrogens with zero attached hydrogens (tertiary/aromatic N) is 1. The Bertz CT molecular complexity index is 352. The third-order valence-corrected chi connectivity index (χ3v) is 1.76. The van der Waals surface area contributed by atoms with Crippen molar-refractivity contribution in [2.75, 3.05) is 13.2 Å². The van der Waals surface area contributed by atoms with Crippen LogP contribution in [0.4, 0.5) is 5.69 Å². The van der Waals surface area contributed by atoms with Gasteiger partial charge in [0.15, 0.2) is 0 Å². The van der Waals surface area contributed by atoms with Crippen LogP contribution in [0, 0.1) is 10.1 Å². The lowest BCUT2D eigenvalue weighted by molar-refractivity contribution is -0.386. The van der Waals surface area contributed by atoms with Gasteiger partial charge in [-0.2, -0.15) is 0 Å². The third kappa shape index (κ3) is 3.19. The van der Waals surface area contributed by atoms with E-state index in [2.05, 4.69) is 0 Å². The van der Waals surface area contributed by atoms with Crippen LogP contribution in [0.5, 0.6) is 5.75 Å². The Labute approximate surface area is 85.9 Å². The molecule has 0 heterocycles. The summed E-state index contributed by atoms with van der Waals surface area (Å²) >= 11 is 0. The van der Waals surface area contributed by atoms with Crippen molar-refractivity contribution in [1.82, 2.24) is 0 Å². The maximum Gasteiger partial charge on any atom is 0.278 e. The first-order chi connectivity index (χ1) is 7.15. The number of aromatic hydroxyl groups is 1. The molecule has 0 spiro atoms. The van der Waals surface area contributed by atoms with Crippen LogP contribution in [0.25, 0.3) is 0 Å². The van der Waals surface area contributed by atoms with E-state index in [0.29, 0.717) is 5.56 Å². The number of aliphatic hydroxyl groups excluding tert-OH is 1. The summed E-state index contributed by atoms with van der Waals surface area (Å²) in [6, 6.07) is 3.84. The topological polar surface area (TPSA) is 92.8 Å². The summed E-state index contributed by atoms with van der Waals surface area (Å²) in [6.45, 7) is 0.0288. The summed E-state index contributed by atoms with van der Waals surface area (Å²) in [5.41, 5.74) is 0.180. The van der Waals surface area contributed by atoms with Gasteiger partial charge in [0, 0.05) is 0 Å². The molecule has 0 aromatic heterocycles. The Morgan fingerprint density at radius 2 is 2.20 bits per heavy atom. The zero-order valence-corrected chi connectivity index (χ0v) is 7.92. The largest absolute Gasteiger partial charge is 0.508 e. The van der Waals surface area contributed by atoms with Crippen LogP contribution in [0.3, 0.4) is 0 Å². The Morgan fingerprint density at radius 3 is 2.80 bits per heavy atom. The minimum absolute atomic E-state index is 0.0388. The molecular formula is C9H11NO5. The lowest BCUT2D eigenvalue weighted by Crippen LogP contribution is -2.02. The first-order valence-electron chi connectivity index (χ1n) is 4.30. The smallest absolute Gasteiger partial charge is 0.278 e. The van der Waals surface area contributed by atoms with Crippen LogP contribution >= 0.6 is 0 Å². The highest BCUT2D eigenvalue weighted by atomic mass is 16.6. The van der Waals surface area contributed by atoms with E-state index >= 15 is 0 Å². The number of nitro groups is 1. The van der Waals surface area contributed by atoms with Gasteiger partial charge >= 0.3 is 0 Å². The number of nitro benzene ring substituents is 1. The van der Waals surface area contributed by atoms with Crippen LogP contribution in [-0.2, 0) is 11.3 Å². The van der Waals surface area contributed by atoms with E-state index in [1.165, 1.54) is 12.1 Å². The number of benzene rings is 1. The second-order valence-electron chi connectivity index (χ2n) is 2.85. The molecule has 15 heavy (non-hydrogen) atoms. The predicted octanol–water partition coefficient (Wildman–Crippen LogP) is 0.809. The zero-order chi connectivity index (χ0) is 11.3. The summed E-state index contributed by atoms with van der Waals surface area (Å²) < 4.78 is 4.96. The zero-order valence-electron chi connectivity index (χ0n) is 7.92.